The van der Waals surface area contributed by atoms with Gasteiger partial charge in [-0.3, -0.25) is 0 Å². The van der Waals surface area contributed by atoms with Crippen molar-refractivity contribution in [2.24, 2.45) is 5.41 Å². The van der Waals surface area contributed by atoms with Gasteiger partial charge < -0.3 is 4.74 Å². The van der Waals surface area contributed by atoms with E-state index < -0.39 is 11.1 Å². The molecule has 1 unspecified atom stereocenters. The molecule has 0 amide bonds. The SMILES string of the molecule is B/C(C)=C/C(=C\C=C/C)OCCC1(C(F)(F)P)CC1. The second-order valence-electron chi connectivity index (χ2n) is 5.32. The topological polar surface area (TPSA) is 9.23 Å². The Morgan fingerprint density at radius 1 is 1.47 bits per heavy atom. The average Bonchev–Trinajstić information content (AvgIpc) is 3.05. The zero-order valence-electron chi connectivity index (χ0n) is 11.9. The van der Waals surface area contributed by atoms with Gasteiger partial charge in [-0.15, -0.1) is 5.47 Å². The molecule has 0 spiro atoms. The van der Waals surface area contributed by atoms with Crippen LogP contribution in [0.5, 0.6) is 0 Å². The first-order chi connectivity index (χ1) is 8.81. The Bertz CT molecular complexity index is 389. The highest BCUT2D eigenvalue weighted by molar-refractivity contribution is 7.18. The normalized spacial score (nSPS) is 19.8. The number of allylic oxidation sites excluding steroid dienone is 5. The molecule has 1 nitrogen and oxygen atoms in total. The molecular formula is C14H22BF2OP. The van der Waals surface area contributed by atoms with Crippen molar-refractivity contribution in [3.63, 3.8) is 0 Å². The lowest BCUT2D eigenvalue weighted by atomic mass is 9.97. The summed E-state index contributed by atoms with van der Waals surface area (Å²) < 4.78 is 32.4. The lowest BCUT2D eigenvalue weighted by molar-refractivity contribution is 0.00560. The summed E-state index contributed by atoms with van der Waals surface area (Å²) >= 11 is 0. The first-order valence-corrected chi connectivity index (χ1v) is 7.16. The van der Waals surface area contributed by atoms with Gasteiger partial charge in [-0.05, 0) is 38.3 Å². The molecule has 1 atom stereocenters. The van der Waals surface area contributed by atoms with Crippen LogP contribution < -0.4 is 0 Å². The molecule has 0 aromatic heterocycles. The third kappa shape index (κ3) is 5.10. The van der Waals surface area contributed by atoms with Gasteiger partial charge in [-0.2, -0.15) is 0 Å². The van der Waals surface area contributed by atoms with Crippen molar-refractivity contribution in [2.45, 2.75) is 38.8 Å². The molecular weight excluding hydrogens is 264 g/mol. The Kier molecular flexibility index (Phi) is 5.79. The van der Waals surface area contributed by atoms with E-state index >= 15 is 0 Å². The number of hydrogen-bond acceptors (Lipinski definition) is 1. The van der Waals surface area contributed by atoms with Gasteiger partial charge in [0.15, 0.2) is 0 Å². The summed E-state index contributed by atoms with van der Waals surface area (Å²) in [5.74, 6) is 0.723. The fourth-order valence-corrected chi connectivity index (χ4v) is 2.31. The van der Waals surface area contributed by atoms with Gasteiger partial charge in [0.2, 0.25) is 0 Å². The Hall–Kier alpha value is -0.625. The molecule has 0 bridgehead atoms. The van der Waals surface area contributed by atoms with E-state index in [0.717, 1.165) is 11.2 Å². The standard InChI is InChI=1S/C14H22BF2OP/c1-3-4-5-12(10-11(2)15)18-9-8-13(6-7-13)14(16,17)19/h3-5,10H,6-9,15,19H2,1-2H3/b4-3-,11-10+,12-5+. The van der Waals surface area contributed by atoms with E-state index in [9.17, 15) is 8.78 Å². The molecule has 1 saturated carbocycles. The van der Waals surface area contributed by atoms with Gasteiger partial charge in [0.25, 0.3) is 5.66 Å². The maximum absolute atomic E-state index is 13.4. The van der Waals surface area contributed by atoms with Gasteiger partial charge in [0, 0.05) is 5.41 Å². The summed E-state index contributed by atoms with van der Waals surface area (Å²) in [6.07, 6.45) is 9.12. The predicted octanol–water partition coefficient (Wildman–Crippen LogP) is 3.64. The van der Waals surface area contributed by atoms with E-state index in [4.69, 9.17) is 4.74 Å². The van der Waals surface area contributed by atoms with Crippen LogP contribution >= 0.6 is 9.24 Å². The Morgan fingerprint density at radius 3 is 2.53 bits per heavy atom. The van der Waals surface area contributed by atoms with Crippen molar-refractivity contribution in [2.75, 3.05) is 6.61 Å². The smallest absolute Gasteiger partial charge is 0.264 e. The Morgan fingerprint density at radius 2 is 2.11 bits per heavy atom. The van der Waals surface area contributed by atoms with Gasteiger partial charge in [0.05, 0.1) is 6.61 Å². The summed E-state index contributed by atoms with van der Waals surface area (Å²) in [5, 5.41) is 0. The minimum atomic E-state index is -2.68. The first kappa shape index (κ1) is 16.4. The van der Waals surface area contributed by atoms with Crippen molar-refractivity contribution in [3.05, 3.63) is 35.5 Å². The van der Waals surface area contributed by atoms with Crippen molar-refractivity contribution >= 4 is 17.1 Å². The second-order valence-corrected chi connectivity index (χ2v) is 6.04. The van der Waals surface area contributed by atoms with Crippen LogP contribution in [0.3, 0.4) is 0 Å². The predicted molar refractivity (Wildman–Crippen MR) is 82.1 cm³/mol. The fraction of sp³-hybridized carbons (Fsp3) is 0.571. The summed E-state index contributed by atoms with van der Waals surface area (Å²) in [4.78, 5) is 0. The number of ether oxygens (including phenoxy) is 1. The third-order valence-corrected chi connectivity index (χ3v) is 3.91. The zero-order chi connectivity index (χ0) is 14.5. The molecule has 0 aliphatic heterocycles. The van der Waals surface area contributed by atoms with Gasteiger partial charge in [-0.25, -0.2) is 8.78 Å². The maximum atomic E-state index is 13.4. The van der Waals surface area contributed by atoms with Crippen LogP contribution in [0, 0.1) is 5.41 Å². The largest absolute Gasteiger partial charge is 0.494 e. The number of rotatable bonds is 7. The molecule has 0 N–H and O–H groups in total. The Balaban J connectivity index is 2.52. The van der Waals surface area contributed by atoms with E-state index in [0.29, 0.717) is 25.9 Å². The number of alkyl halides is 2. The molecule has 1 aliphatic carbocycles. The van der Waals surface area contributed by atoms with Crippen LogP contribution in [0.25, 0.3) is 0 Å². The summed E-state index contributed by atoms with van der Waals surface area (Å²) in [5.41, 5.74) is -2.41. The lowest BCUT2D eigenvalue weighted by Crippen LogP contribution is -2.24. The lowest BCUT2D eigenvalue weighted by Gasteiger charge is -2.22. The fourth-order valence-electron chi connectivity index (χ4n) is 1.88. The van der Waals surface area contributed by atoms with Crippen molar-refractivity contribution in [1.82, 2.24) is 0 Å². The van der Waals surface area contributed by atoms with Crippen LogP contribution in [0.15, 0.2) is 35.5 Å². The van der Waals surface area contributed by atoms with Crippen LogP contribution in [-0.4, -0.2) is 20.1 Å². The highest BCUT2D eigenvalue weighted by atomic mass is 31.0. The van der Waals surface area contributed by atoms with E-state index in [1.807, 2.05) is 46.0 Å². The molecule has 1 rings (SSSR count). The highest BCUT2D eigenvalue weighted by Crippen LogP contribution is 2.61. The van der Waals surface area contributed by atoms with Gasteiger partial charge in [-0.1, -0.05) is 28.3 Å². The summed E-state index contributed by atoms with van der Waals surface area (Å²) in [6.45, 7) is 4.23. The minimum Gasteiger partial charge on any atom is -0.494 e. The van der Waals surface area contributed by atoms with Crippen LogP contribution in [-0.2, 0) is 4.74 Å². The highest BCUT2D eigenvalue weighted by Gasteiger charge is 2.58. The molecule has 1 aliphatic rings. The molecule has 0 heterocycles. The van der Waals surface area contributed by atoms with Gasteiger partial charge in [0.1, 0.15) is 13.6 Å². The summed E-state index contributed by atoms with van der Waals surface area (Å²) in [6, 6.07) is 0. The maximum Gasteiger partial charge on any atom is 0.264 e. The van der Waals surface area contributed by atoms with E-state index in [-0.39, 0.29) is 0 Å². The van der Waals surface area contributed by atoms with Crippen molar-refractivity contribution in [3.8, 4) is 0 Å². The van der Waals surface area contributed by atoms with Crippen molar-refractivity contribution in [1.29, 1.82) is 0 Å². The summed E-state index contributed by atoms with van der Waals surface area (Å²) in [7, 11) is 3.65. The van der Waals surface area contributed by atoms with Crippen molar-refractivity contribution < 1.29 is 13.5 Å². The third-order valence-electron chi connectivity index (χ3n) is 3.29. The minimum absolute atomic E-state index is 0.331. The first-order valence-electron chi connectivity index (χ1n) is 6.58. The zero-order valence-corrected chi connectivity index (χ0v) is 13.0. The second kappa shape index (κ2) is 6.70. The van der Waals surface area contributed by atoms with E-state index in [2.05, 4.69) is 0 Å². The molecule has 0 saturated heterocycles. The van der Waals surface area contributed by atoms with Crippen LogP contribution in [0.2, 0.25) is 0 Å². The average molecular weight is 286 g/mol. The molecule has 19 heavy (non-hydrogen) atoms. The Labute approximate surface area is 117 Å². The number of hydrogen-bond donors (Lipinski definition) is 0. The molecule has 0 radical (unpaired) electrons. The van der Waals surface area contributed by atoms with Crippen LogP contribution in [0.1, 0.15) is 33.1 Å². The molecule has 1 fully saturated rings. The molecule has 106 valence electrons. The van der Waals surface area contributed by atoms with Crippen LogP contribution in [0.4, 0.5) is 8.78 Å². The molecule has 0 aromatic carbocycles. The van der Waals surface area contributed by atoms with E-state index in [1.165, 1.54) is 0 Å². The quantitative estimate of drug-likeness (QED) is 0.300. The molecule has 5 heteroatoms. The van der Waals surface area contributed by atoms with E-state index in [1.54, 1.807) is 9.24 Å². The number of halogens is 2. The molecule has 0 aromatic rings. The van der Waals surface area contributed by atoms with Gasteiger partial charge >= 0.3 is 0 Å². The monoisotopic (exact) mass is 286 g/mol.